The molecule has 0 aromatic rings. The van der Waals surface area contributed by atoms with E-state index in [1.54, 1.807) is 0 Å². The summed E-state index contributed by atoms with van der Waals surface area (Å²) < 4.78 is 0. The van der Waals surface area contributed by atoms with Crippen LogP contribution in [0.5, 0.6) is 0 Å². The third kappa shape index (κ3) is 9.22. The fourth-order valence-electron chi connectivity index (χ4n) is 2.87. The van der Waals surface area contributed by atoms with Crippen LogP contribution in [0.4, 0.5) is 4.79 Å². The maximum absolute atomic E-state index is 12.0. The predicted octanol–water partition coefficient (Wildman–Crippen LogP) is 4.76. The molecule has 0 aromatic carbocycles. The normalized spacial score (nSPS) is 20.6. The molecule has 118 valence electrons. The molecule has 1 rings (SSSR count). The smallest absolute Gasteiger partial charge is 0.315 e. The first-order valence-electron chi connectivity index (χ1n) is 8.56. The Balaban J connectivity index is 2.36. The van der Waals surface area contributed by atoms with E-state index < -0.39 is 0 Å². The summed E-state index contributed by atoms with van der Waals surface area (Å²) in [6, 6.07) is 0.353. The van der Waals surface area contributed by atoms with Gasteiger partial charge in [0, 0.05) is 11.6 Å². The van der Waals surface area contributed by atoms with Crippen LogP contribution < -0.4 is 10.6 Å². The van der Waals surface area contributed by atoms with Crippen LogP contribution in [-0.4, -0.2) is 17.6 Å². The Morgan fingerprint density at radius 1 is 0.800 bits per heavy atom. The van der Waals surface area contributed by atoms with Crippen molar-refractivity contribution in [2.75, 3.05) is 0 Å². The largest absolute Gasteiger partial charge is 0.335 e. The number of hydrogen-bond donors (Lipinski definition) is 2. The van der Waals surface area contributed by atoms with Crippen LogP contribution in [0, 0.1) is 0 Å². The van der Waals surface area contributed by atoms with Gasteiger partial charge in [0.1, 0.15) is 0 Å². The van der Waals surface area contributed by atoms with Gasteiger partial charge in [-0.25, -0.2) is 4.79 Å². The lowest BCUT2D eigenvalue weighted by atomic mass is 9.98. The second-order valence-electron chi connectivity index (χ2n) is 7.30. The summed E-state index contributed by atoms with van der Waals surface area (Å²) in [5.74, 6) is 0. The Bertz CT molecular complexity index is 259. The minimum absolute atomic E-state index is 0.00501. The topological polar surface area (TPSA) is 41.1 Å². The van der Waals surface area contributed by atoms with Gasteiger partial charge in [-0.15, -0.1) is 0 Å². The van der Waals surface area contributed by atoms with E-state index in [0.29, 0.717) is 6.04 Å². The van der Waals surface area contributed by atoms with Crippen LogP contribution in [0.15, 0.2) is 0 Å². The van der Waals surface area contributed by atoms with Crippen LogP contribution in [-0.2, 0) is 0 Å². The highest BCUT2D eigenvalue weighted by molar-refractivity contribution is 5.74. The van der Waals surface area contributed by atoms with E-state index in [1.165, 1.54) is 57.8 Å². The van der Waals surface area contributed by atoms with Crippen molar-refractivity contribution in [3.63, 3.8) is 0 Å². The zero-order chi connectivity index (χ0) is 14.8. The van der Waals surface area contributed by atoms with Gasteiger partial charge >= 0.3 is 6.03 Å². The van der Waals surface area contributed by atoms with Crippen molar-refractivity contribution in [2.24, 2.45) is 0 Å². The molecule has 2 N–H and O–H groups in total. The third-order valence-electron chi connectivity index (χ3n) is 3.93. The monoisotopic (exact) mass is 282 g/mol. The van der Waals surface area contributed by atoms with Gasteiger partial charge in [0.2, 0.25) is 0 Å². The number of hydrogen-bond acceptors (Lipinski definition) is 1. The minimum Gasteiger partial charge on any atom is -0.335 e. The lowest BCUT2D eigenvalue weighted by molar-refractivity contribution is 0.225. The lowest BCUT2D eigenvalue weighted by Gasteiger charge is -2.25. The summed E-state index contributed by atoms with van der Waals surface area (Å²) in [6.07, 6.45) is 14.3. The Kier molecular flexibility index (Phi) is 8.01. The first-order chi connectivity index (χ1) is 9.47. The third-order valence-corrected chi connectivity index (χ3v) is 3.93. The van der Waals surface area contributed by atoms with Crippen LogP contribution >= 0.6 is 0 Å². The van der Waals surface area contributed by atoms with Crippen molar-refractivity contribution >= 4 is 6.03 Å². The number of rotatable bonds is 1. The van der Waals surface area contributed by atoms with Gasteiger partial charge in [-0.05, 0) is 33.6 Å². The molecule has 3 heteroatoms. The average Bonchev–Trinajstić information content (AvgIpc) is 2.30. The van der Waals surface area contributed by atoms with Crippen LogP contribution in [0.2, 0.25) is 0 Å². The van der Waals surface area contributed by atoms with E-state index in [4.69, 9.17) is 0 Å². The summed E-state index contributed by atoms with van der Waals surface area (Å²) in [7, 11) is 0. The number of carbonyl (C=O) groups is 1. The Hall–Kier alpha value is -0.730. The molecule has 1 fully saturated rings. The number of amides is 2. The molecule has 0 unspecified atom stereocenters. The molecular formula is C17H34N2O. The van der Waals surface area contributed by atoms with Gasteiger partial charge < -0.3 is 10.6 Å². The van der Waals surface area contributed by atoms with Crippen molar-refractivity contribution in [2.45, 2.75) is 103 Å². The van der Waals surface area contributed by atoms with Crippen molar-refractivity contribution in [3.8, 4) is 0 Å². The number of nitrogens with one attached hydrogen (secondary N) is 2. The SMILES string of the molecule is CC(C)(C)NC(=O)NC1CCCCCCCCCCC1. The molecule has 0 aromatic heterocycles. The van der Waals surface area contributed by atoms with Crippen LogP contribution in [0.3, 0.4) is 0 Å². The predicted molar refractivity (Wildman–Crippen MR) is 86.0 cm³/mol. The highest BCUT2D eigenvalue weighted by Crippen LogP contribution is 2.17. The number of carbonyl (C=O) groups excluding carboxylic acids is 1. The van der Waals surface area contributed by atoms with Crippen molar-refractivity contribution in [3.05, 3.63) is 0 Å². The first kappa shape index (κ1) is 17.3. The maximum atomic E-state index is 12.0. The second kappa shape index (κ2) is 9.25. The molecule has 1 aliphatic rings. The van der Waals surface area contributed by atoms with Crippen molar-refractivity contribution in [1.29, 1.82) is 0 Å². The molecule has 0 radical (unpaired) electrons. The zero-order valence-corrected chi connectivity index (χ0v) is 13.8. The molecule has 0 atom stereocenters. The van der Waals surface area contributed by atoms with E-state index >= 15 is 0 Å². The Labute approximate surface area is 125 Å². The summed E-state index contributed by atoms with van der Waals surface area (Å²) in [4.78, 5) is 12.0. The molecule has 20 heavy (non-hydrogen) atoms. The average molecular weight is 282 g/mol. The molecular weight excluding hydrogens is 248 g/mol. The Morgan fingerprint density at radius 3 is 1.60 bits per heavy atom. The van der Waals surface area contributed by atoms with Crippen molar-refractivity contribution < 1.29 is 4.79 Å². The summed E-state index contributed by atoms with van der Waals surface area (Å²) in [6.45, 7) is 6.06. The van der Waals surface area contributed by atoms with E-state index in [2.05, 4.69) is 10.6 Å². The maximum Gasteiger partial charge on any atom is 0.315 e. The minimum atomic E-state index is -0.157. The van der Waals surface area contributed by atoms with Gasteiger partial charge in [-0.3, -0.25) is 0 Å². The van der Waals surface area contributed by atoms with E-state index in [1.807, 2.05) is 20.8 Å². The molecule has 0 aliphatic heterocycles. The fourth-order valence-corrected chi connectivity index (χ4v) is 2.87. The van der Waals surface area contributed by atoms with Gasteiger partial charge in [-0.2, -0.15) is 0 Å². The zero-order valence-electron chi connectivity index (χ0n) is 13.8. The van der Waals surface area contributed by atoms with E-state index in [0.717, 1.165) is 12.8 Å². The highest BCUT2D eigenvalue weighted by atomic mass is 16.2. The molecule has 0 saturated heterocycles. The molecule has 3 nitrogen and oxygen atoms in total. The summed E-state index contributed by atoms with van der Waals surface area (Å²) in [5, 5.41) is 6.18. The molecule has 0 spiro atoms. The fraction of sp³-hybridized carbons (Fsp3) is 0.941. The molecule has 1 aliphatic carbocycles. The van der Waals surface area contributed by atoms with Gasteiger partial charge in [0.05, 0.1) is 0 Å². The molecule has 0 bridgehead atoms. The highest BCUT2D eigenvalue weighted by Gasteiger charge is 2.17. The molecule has 2 amide bonds. The first-order valence-corrected chi connectivity index (χ1v) is 8.56. The van der Waals surface area contributed by atoms with Gasteiger partial charge in [-0.1, -0.05) is 57.8 Å². The van der Waals surface area contributed by atoms with Gasteiger partial charge in [0.25, 0.3) is 0 Å². The number of urea groups is 1. The van der Waals surface area contributed by atoms with Crippen LogP contribution in [0.1, 0.15) is 91.4 Å². The van der Waals surface area contributed by atoms with E-state index in [-0.39, 0.29) is 11.6 Å². The van der Waals surface area contributed by atoms with Gasteiger partial charge in [0.15, 0.2) is 0 Å². The van der Waals surface area contributed by atoms with Crippen LogP contribution in [0.25, 0.3) is 0 Å². The van der Waals surface area contributed by atoms with E-state index in [9.17, 15) is 4.79 Å². The second-order valence-corrected chi connectivity index (χ2v) is 7.30. The molecule has 1 saturated carbocycles. The quantitative estimate of drug-likeness (QED) is 0.715. The summed E-state index contributed by atoms with van der Waals surface area (Å²) in [5.41, 5.74) is -0.157. The molecule has 0 heterocycles. The Morgan fingerprint density at radius 2 is 1.20 bits per heavy atom. The van der Waals surface area contributed by atoms with Crippen molar-refractivity contribution in [1.82, 2.24) is 10.6 Å². The lowest BCUT2D eigenvalue weighted by Crippen LogP contribution is -2.49. The summed E-state index contributed by atoms with van der Waals surface area (Å²) >= 11 is 0. The standard InChI is InChI=1S/C17H34N2O/c1-17(2,3)19-16(20)18-15-13-11-9-7-5-4-6-8-10-12-14-15/h15H,4-14H2,1-3H3,(H2,18,19,20).